The second-order valence-corrected chi connectivity index (χ2v) is 6.61. The van der Waals surface area contributed by atoms with Gasteiger partial charge in [-0.05, 0) is 17.7 Å². The smallest absolute Gasteiger partial charge is 0.359 e. The lowest BCUT2D eigenvalue weighted by Gasteiger charge is -2.18. The number of likely N-dealkylation sites (N-methyl/N-ethyl adjacent to an activating group) is 1. The van der Waals surface area contributed by atoms with Gasteiger partial charge in [-0.3, -0.25) is 9.36 Å². The highest BCUT2D eigenvalue weighted by atomic mass is 31.2. The first-order valence-electron chi connectivity index (χ1n) is 6.94. The van der Waals surface area contributed by atoms with E-state index in [2.05, 4.69) is 0 Å². The Morgan fingerprint density at radius 2 is 1.70 bits per heavy atom. The van der Waals surface area contributed by atoms with Crippen LogP contribution in [0.5, 0.6) is 5.75 Å². The summed E-state index contributed by atoms with van der Waals surface area (Å²) >= 11 is 0. The van der Waals surface area contributed by atoms with E-state index in [4.69, 9.17) is 4.74 Å². The van der Waals surface area contributed by atoms with Gasteiger partial charge in [0.1, 0.15) is 11.1 Å². The van der Waals surface area contributed by atoms with Crippen LogP contribution >= 0.6 is 7.60 Å². The molecule has 0 aliphatic heterocycles. The maximum atomic E-state index is 12.1. The molecule has 0 fully saturated rings. The molecule has 2 N–H and O–H groups in total. The van der Waals surface area contributed by atoms with Crippen LogP contribution in [-0.4, -0.2) is 34.2 Å². The van der Waals surface area contributed by atoms with E-state index in [-0.39, 0.29) is 23.6 Å². The summed E-state index contributed by atoms with van der Waals surface area (Å²) in [6, 6.07) is 15.3. The van der Waals surface area contributed by atoms with Crippen LogP contribution in [0.1, 0.15) is 5.56 Å². The number of ether oxygens (including phenoxy) is 1. The van der Waals surface area contributed by atoms with Gasteiger partial charge in [0, 0.05) is 13.6 Å². The van der Waals surface area contributed by atoms with Crippen molar-refractivity contribution in [1.82, 2.24) is 4.90 Å². The van der Waals surface area contributed by atoms with E-state index in [0.717, 1.165) is 5.56 Å². The third-order valence-corrected chi connectivity index (χ3v) is 4.22. The fourth-order valence-corrected chi connectivity index (χ4v) is 2.72. The van der Waals surface area contributed by atoms with Gasteiger partial charge >= 0.3 is 7.60 Å². The lowest BCUT2D eigenvalue weighted by Crippen LogP contribution is -2.31. The molecule has 0 spiro atoms. The molecule has 0 aliphatic carbocycles. The normalized spacial score (nSPS) is 11.1. The Kier molecular flexibility index (Phi) is 5.55. The second kappa shape index (κ2) is 7.42. The summed E-state index contributed by atoms with van der Waals surface area (Å²) in [6.45, 7) is 0.142. The molecule has 7 heteroatoms. The van der Waals surface area contributed by atoms with Gasteiger partial charge in [-0.25, -0.2) is 0 Å². The molecule has 0 radical (unpaired) electrons. The van der Waals surface area contributed by atoms with Gasteiger partial charge in [0.2, 0.25) is 0 Å². The Morgan fingerprint density at radius 1 is 1.09 bits per heavy atom. The Hall–Kier alpha value is -2.14. The highest BCUT2D eigenvalue weighted by Gasteiger charge is 2.22. The molecule has 2 rings (SSSR count). The molecule has 0 heterocycles. The molecule has 0 bridgehead atoms. The van der Waals surface area contributed by atoms with E-state index in [1.54, 1.807) is 13.1 Å². The number of hydrogen-bond acceptors (Lipinski definition) is 3. The zero-order valence-corrected chi connectivity index (χ0v) is 13.5. The van der Waals surface area contributed by atoms with Crippen LogP contribution in [-0.2, 0) is 15.9 Å². The minimum atomic E-state index is -4.44. The maximum absolute atomic E-state index is 12.1. The fourth-order valence-electron chi connectivity index (χ4n) is 2.02. The van der Waals surface area contributed by atoms with E-state index in [1.807, 2.05) is 30.3 Å². The summed E-state index contributed by atoms with van der Waals surface area (Å²) in [5.41, 5.74) is 0.985. The highest BCUT2D eigenvalue weighted by Crippen LogP contribution is 2.37. The summed E-state index contributed by atoms with van der Waals surface area (Å²) in [6.07, 6.45) is 0. The predicted octanol–water partition coefficient (Wildman–Crippen LogP) is 1.53. The molecule has 2 aromatic carbocycles. The molecule has 0 atom stereocenters. The SMILES string of the molecule is CN(Cc1ccccc1)C(=O)COc1ccccc1P(=O)(O)O. The van der Waals surface area contributed by atoms with Crippen LogP contribution in [0.2, 0.25) is 0 Å². The lowest BCUT2D eigenvalue weighted by molar-refractivity contribution is -0.132. The zero-order valence-electron chi connectivity index (χ0n) is 12.6. The first kappa shape index (κ1) is 17.2. The predicted molar refractivity (Wildman–Crippen MR) is 86.5 cm³/mol. The van der Waals surface area contributed by atoms with Gasteiger partial charge in [-0.1, -0.05) is 42.5 Å². The molecule has 23 heavy (non-hydrogen) atoms. The monoisotopic (exact) mass is 335 g/mol. The van der Waals surface area contributed by atoms with Gasteiger partial charge in [0.15, 0.2) is 6.61 Å². The number of benzene rings is 2. The Balaban J connectivity index is 1.98. The minimum Gasteiger partial charge on any atom is -0.483 e. The van der Waals surface area contributed by atoms with Crippen molar-refractivity contribution >= 4 is 18.8 Å². The summed E-state index contributed by atoms with van der Waals surface area (Å²) < 4.78 is 16.7. The van der Waals surface area contributed by atoms with Gasteiger partial charge in [-0.15, -0.1) is 0 Å². The maximum Gasteiger partial charge on any atom is 0.359 e. The summed E-state index contributed by atoms with van der Waals surface area (Å²) in [5.74, 6) is -0.267. The molecular formula is C16H18NO5P. The summed E-state index contributed by atoms with van der Waals surface area (Å²) in [5, 5.41) is -0.224. The zero-order chi connectivity index (χ0) is 16.9. The van der Waals surface area contributed by atoms with Crippen molar-refractivity contribution in [3.05, 3.63) is 60.2 Å². The molecular weight excluding hydrogens is 317 g/mol. The van der Waals surface area contributed by atoms with Crippen LogP contribution in [0, 0.1) is 0 Å². The molecule has 1 amide bonds. The van der Waals surface area contributed by atoms with Crippen LogP contribution < -0.4 is 10.0 Å². The van der Waals surface area contributed by atoms with Crippen molar-refractivity contribution in [3.8, 4) is 5.75 Å². The number of carbonyl (C=O) groups is 1. The standard InChI is InChI=1S/C16H18NO5P/c1-17(11-13-7-3-2-4-8-13)16(18)12-22-14-9-5-6-10-15(14)23(19,20)21/h2-10H,11-12H2,1H3,(H2,19,20,21). The van der Waals surface area contributed by atoms with E-state index in [9.17, 15) is 19.1 Å². The van der Waals surface area contributed by atoms with Gasteiger partial charge in [0.05, 0.1) is 0 Å². The highest BCUT2D eigenvalue weighted by molar-refractivity contribution is 7.60. The van der Waals surface area contributed by atoms with Crippen LogP contribution in [0.15, 0.2) is 54.6 Å². The van der Waals surface area contributed by atoms with Crippen LogP contribution in [0.4, 0.5) is 0 Å². The number of carbonyl (C=O) groups excluding carboxylic acids is 1. The number of para-hydroxylation sites is 1. The number of rotatable bonds is 6. The molecule has 0 saturated heterocycles. The largest absolute Gasteiger partial charge is 0.483 e. The summed E-state index contributed by atoms with van der Waals surface area (Å²) in [7, 11) is -2.80. The van der Waals surface area contributed by atoms with Crippen molar-refractivity contribution in [2.24, 2.45) is 0 Å². The number of hydrogen-bond donors (Lipinski definition) is 2. The van der Waals surface area contributed by atoms with E-state index < -0.39 is 7.60 Å². The molecule has 2 aromatic rings. The Bertz CT molecular complexity index is 713. The van der Waals surface area contributed by atoms with Gasteiger partial charge < -0.3 is 19.4 Å². The molecule has 0 saturated carbocycles. The number of nitrogens with zero attached hydrogens (tertiary/aromatic N) is 1. The lowest BCUT2D eigenvalue weighted by atomic mass is 10.2. The second-order valence-electron chi connectivity index (χ2n) is 5.04. The molecule has 122 valence electrons. The van der Waals surface area contributed by atoms with Crippen LogP contribution in [0.3, 0.4) is 0 Å². The van der Waals surface area contributed by atoms with Crippen molar-refractivity contribution in [3.63, 3.8) is 0 Å². The average Bonchev–Trinajstić information content (AvgIpc) is 2.53. The Labute approximate surface area is 134 Å². The fraction of sp³-hybridized carbons (Fsp3) is 0.188. The minimum absolute atomic E-state index is 0.0160. The third kappa shape index (κ3) is 4.93. The van der Waals surface area contributed by atoms with E-state index >= 15 is 0 Å². The van der Waals surface area contributed by atoms with Gasteiger partial charge in [-0.2, -0.15) is 0 Å². The third-order valence-electron chi connectivity index (χ3n) is 3.22. The van der Waals surface area contributed by atoms with Gasteiger partial charge in [0.25, 0.3) is 5.91 Å². The first-order valence-corrected chi connectivity index (χ1v) is 8.55. The molecule has 0 aromatic heterocycles. The van der Waals surface area contributed by atoms with E-state index in [0.29, 0.717) is 6.54 Å². The summed E-state index contributed by atoms with van der Waals surface area (Å²) in [4.78, 5) is 32.1. The van der Waals surface area contributed by atoms with Crippen LogP contribution in [0.25, 0.3) is 0 Å². The van der Waals surface area contributed by atoms with E-state index in [1.165, 1.54) is 23.1 Å². The molecule has 0 unspecified atom stereocenters. The average molecular weight is 335 g/mol. The van der Waals surface area contributed by atoms with Crippen molar-refractivity contribution < 1.29 is 23.9 Å². The molecule has 0 aliphatic rings. The van der Waals surface area contributed by atoms with Crippen molar-refractivity contribution in [2.45, 2.75) is 6.54 Å². The Morgan fingerprint density at radius 3 is 2.35 bits per heavy atom. The quantitative estimate of drug-likeness (QED) is 0.782. The first-order chi connectivity index (χ1) is 10.9. The molecule has 6 nitrogen and oxygen atoms in total. The van der Waals surface area contributed by atoms with Crippen molar-refractivity contribution in [2.75, 3.05) is 13.7 Å². The van der Waals surface area contributed by atoms with Crippen molar-refractivity contribution in [1.29, 1.82) is 0 Å². The number of amides is 1. The topological polar surface area (TPSA) is 87.1 Å².